The zero-order valence-corrected chi connectivity index (χ0v) is 15.2. The number of benzene rings is 1. The minimum absolute atomic E-state index is 0. The zero-order valence-electron chi connectivity index (χ0n) is 13.6. The molecule has 7 heteroatoms. The standard InChI is InChI=1S/C16H24N2O3S.ClH/c1-3-21-15-6-8-16(9-7-15)22(19,20)18(2)14-10-12-4-5-13(11-14)17-12;/h6-9,12-14,17H,3-5,10-11H2,1-2H3;1H. The Labute approximate surface area is 144 Å². The quantitative estimate of drug-likeness (QED) is 0.876. The molecular weight excluding hydrogens is 336 g/mol. The van der Waals surface area contributed by atoms with Crippen molar-refractivity contribution in [2.75, 3.05) is 13.7 Å². The molecule has 1 aromatic rings. The molecule has 2 saturated heterocycles. The molecule has 23 heavy (non-hydrogen) atoms. The van der Waals surface area contributed by atoms with Gasteiger partial charge in [-0.3, -0.25) is 0 Å². The number of sulfonamides is 1. The van der Waals surface area contributed by atoms with Crippen molar-refractivity contribution in [3.63, 3.8) is 0 Å². The molecule has 2 atom stereocenters. The van der Waals surface area contributed by atoms with Gasteiger partial charge in [-0.15, -0.1) is 12.4 Å². The largest absolute Gasteiger partial charge is 0.494 e. The normalized spacial score (nSPS) is 26.8. The van der Waals surface area contributed by atoms with Crippen LogP contribution in [0.15, 0.2) is 29.2 Å². The van der Waals surface area contributed by atoms with Crippen molar-refractivity contribution in [2.45, 2.75) is 55.6 Å². The molecule has 2 bridgehead atoms. The van der Waals surface area contributed by atoms with Crippen LogP contribution in [-0.4, -0.2) is 44.5 Å². The molecule has 2 fully saturated rings. The molecule has 2 heterocycles. The monoisotopic (exact) mass is 360 g/mol. The first-order valence-corrected chi connectivity index (χ1v) is 9.41. The maximum Gasteiger partial charge on any atom is 0.243 e. The van der Waals surface area contributed by atoms with Crippen LogP contribution in [0, 0.1) is 0 Å². The van der Waals surface area contributed by atoms with Gasteiger partial charge >= 0.3 is 0 Å². The van der Waals surface area contributed by atoms with Gasteiger partial charge < -0.3 is 10.1 Å². The Morgan fingerprint density at radius 3 is 2.26 bits per heavy atom. The predicted octanol–water partition coefficient (Wildman–Crippen LogP) is 2.41. The van der Waals surface area contributed by atoms with Crippen molar-refractivity contribution in [3.8, 4) is 5.75 Å². The van der Waals surface area contributed by atoms with E-state index < -0.39 is 10.0 Å². The number of piperidine rings is 1. The number of hydrogen-bond donors (Lipinski definition) is 1. The Kier molecular flexibility index (Phi) is 5.94. The van der Waals surface area contributed by atoms with Crippen LogP contribution in [0.2, 0.25) is 0 Å². The second-order valence-corrected chi connectivity index (χ2v) is 8.19. The van der Waals surface area contributed by atoms with Crippen LogP contribution >= 0.6 is 12.4 Å². The van der Waals surface area contributed by atoms with Crippen LogP contribution in [0.3, 0.4) is 0 Å². The van der Waals surface area contributed by atoms with E-state index in [0.29, 0.717) is 29.3 Å². The van der Waals surface area contributed by atoms with E-state index in [1.165, 1.54) is 0 Å². The average Bonchev–Trinajstić information content (AvgIpc) is 2.85. The minimum atomic E-state index is -3.44. The van der Waals surface area contributed by atoms with Gasteiger partial charge in [-0.2, -0.15) is 4.31 Å². The average molecular weight is 361 g/mol. The fourth-order valence-electron chi connectivity index (χ4n) is 3.56. The third-order valence-electron chi connectivity index (χ3n) is 4.77. The van der Waals surface area contributed by atoms with Crippen LogP contribution in [-0.2, 0) is 10.0 Å². The van der Waals surface area contributed by atoms with E-state index in [4.69, 9.17) is 4.74 Å². The number of fused-ring (bicyclic) bond motifs is 2. The molecule has 0 spiro atoms. The molecular formula is C16H25ClN2O3S. The Balaban J connectivity index is 0.00000192. The van der Waals surface area contributed by atoms with Crippen molar-refractivity contribution in [3.05, 3.63) is 24.3 Å². The van der Waals surface area contributed by atoms with E-state index in [9.17, 15) is 8.42 Å². The van der Waals surface area contributed by atoms with E-state index in [1.54, 1.807) is 35.6 Å². The molecule has 3 rings (SSSR count). The number of hydrogen-bond acceptors (Lipinski definition) is 4. The van der Waals surface area contributed by atoms with Gasteiger partial charge in [0.15, 0.2) is 0 Å². The minimum Gasteiger partial charge on any atom is -0.494 e. The van der Waals surface area contributed by atoms with E-state index in [2.05, 4.69) is 5.32 Å². The second-order valence-electron chi connectivity index (χ2n) is 6.19. The molecule has 1 aromatic carbocycles. The molecule has 5 nitrogen and oxygen atoms in total. The smallest absolute Gasteiger partial charge is 0.243 e. The number of rotatable bonds is 5. The summed E-state index contributed by atoms with van der Waals surface area (Å²) in [6.45, 7) is 2.48. The van der Waals surface area contributed by atoms with Crippen molar-refractivity contribution in [1.29, 1.82) is 0 Å². The molecule has 2 aliphatic heterocycles. The first-order chi connectivity index (χ1) is 10.5. The highest BCUT2D eigenvalue weighted by molar-refractivity contribution is 7.89. The number of nitrogens with one attached hydrogen (secondary N) is 1. The Morgan fingerprint density at radius 1 is 1.17 bits per heavy atom. The molecule has 0 aromatic heterocycles. The van der Waals surface area contributed by atoms with Crippen molar-refractivity contribution in [2.24, 2.45) is 0 Å². The lowest BCUT2D eigenvalue weighted by Gasteiger charge is -2.34. The number of nitrogens with zero attached hydrogens (tertiary/aromatic N) is 1. The van der Waals surface area contributed by atoms with E-state index >= 15 is 0 Å². The molecule has 0 saturated carbocycles. The van der Waals surface area contributed by atoms with E-state index in [0.717, 1.165) is 25.7 Å². The summed E-state index contributed by atoms with van der Waals surface area (Å²) >= 11 is 0. The van der Waals surface area contributed by atoms with Crippen LogP contribution < -0.4 is 10.1 Å². The fraction of sp³-hybridized carbons (Fsp3) is 0.625. The van der Waals surface area contributed by atoms with Crippen LogP contribution in [0.25, 0.3) is 0 Å². The maximum absolute atomic E-state index is 12.8. The summed E-state index contributed by atoms with van der Waals surface area (Å²) in [5.41, 5.74) is 0. The number of halogens is 1. The third-order valence-corrected chi connectivity index (χ3v) is 6.70. The third kappa shape index (κ3) is 3.82. The van der Waals surface area contributed by atoms with Gasteiger partial charge in [0.05, 0.1) is 11.5 Å². The van der Waals surface area contributed by atoms with Crippen molar-refractivity contribution in [1.82, 2.24) is 9.62 Å². The summed E-state index contributed by atoms with van der Waals surface area (Å²) in [4.78, 5) is 0.337. The summed E-state index contributed by atoms with van der Waals surface area (Å²) in [7, 11) is -1.73. The maximum atomic E-state index is 12.8. The highest BCUT2D eigenvalue weighted by Crippen LogP contribution is 2.31. The Morgan fingerprint density at radius 2 is 1.74 bits per heavy atom. The summed E-state index contributed by atoms with van der Waals surface area (Å²) < 4.78 is 32.5. The summed E-state index contributed by atoms with van der Waals surface area (Å²) in [5.74, 6) is 0.698. The molecule has 2 aliphatic rings. The predicted molar refractivity (Wildman–Crippen MR) is 92.8 cm³/mol. The lowest BCUT2D eigenvalue weighted by molar-refractivity contribution is 0.251. The van der Waals surface area contributed by atoms with Crippen molar-refractivity contribution >= 4 is 22.4 Å². The number of ether oxygens (including phenoxy) is 1. The highest BCUT2D eigenvalue weighted by Gasteiger charge is 2.38. The zero-order chi connectivity index (χ0) is 15.7. The fourth-order valence-corrected chi connectivity index (χ4v) is 4.94. The molecule has 0 amide bonds. The van der Waals surface area contributed by atoms with Gasteiger partial charge in [-0.05, 0) is 56.9 Å². The highest BCUT2D eigenvalue weighted by atomic mass is 35.5. The Bertz CT molecular complexity index is 609. The first kappa shape index (κ1) is 18.5. The van der Waals surface area contributed by atoms with Crippen LogP contribution in [0.5, 0.6) is 5.75 Å². The molecule has 0 aliphatic carbocycles. The second kappa shape index (κ2) is 7.38. The van der Waals surface area contributed by atoms with Crippen LogP contribution in [0.4, 0.5) is 0 Å². The summed E-state index contributed by atoms with van der Waals surface area (Å²) in [6.07, 6.45) is 4.14. The lowest BCUT2D eigenvalue weighted by Crippen LogP contribution is -2.48. The SMILES string of the molecule is CCOc1ccc(S(=O)(=O)N(C)C2CC3CCC(C2)N3)cc1.Cl. The summed E-state index contributed by atoms with van der Waals surface area (Å²) in [6, 6.07) is 7.74. The van der Waals surface area contributed by atoms with Gasteiger partial charge in [0.2, 0.25) is 10.0 Å². The van der Waals surface area contributed by atoms with Crippen molar-refractivity contribution < 1.29 is 13.2 Å². The lowest BCUT2D eigenvalue weighted by atomic mass is 10.0. The van der Waals surface area contributed by atoms with E-state index in [-0.39, 0.29) is 18.4 Å². The molecule has 0 radical (unpaired) electrons. The van der Waals surface area contributed by atoms with Gasteiger partial charge in [0.1, 0.15) is 5.75 Å². The van der Waals surface area contributed by atoms with E-state index in [1.807, 2.05) is 6.92 Å². The summed E-state index contributed by atoms with van der Waals surface area (Å²) in [5, 5.41) is 3.55. The van der Waals surface area contributed by atoms with Gasteiger partial charge in [-0.1, -0.05) is 0 Å². The topological polar surface area (TPSA) is 58.6 Å². The first-order valence-electron chi connectivity index (χ1n) is 7.97. The molecule has 130 valence electrons. The van der Waals surface area contributed by atoms with Crippen LogP contribution in [0.1, 0.15) is 32.6 Å². The van der Waals surface area contributed by atoms with Gasteiger partial charge in [-0.25, -0.2) is 8.42 Å². The molecule has 2 unspecified atom stereocenters. The van der Waals surface area contributed by atoms with Gasteiger partial charge in [0.25, 0.3) is 0 Å². The van der Waals surface area contributed by atoms with Gasteiger partial charge in [0, 0.05) is 25.2 Å². The molecule has 1 N–H and O–H groups in total. The Hall–Kier alpha value is -0.820.